The first kappa shape index (κ1) is 8.44. The Morgan fingerprint density at radius 3 is 3.00 bits per heavy atom. The standard InChI is InChI=1S/C9H11N3S/c1-6(2)11-9-12-7-5-10-4-3-8(7)13-9/h3-6H,1-2H3,(H,11,12). The molecule has 1 N–H and O–H groups in total. The predicted molar refractivity (Wildman–Crippen MR) is 56.2 cm³/mol. The summed E-state index contributed by atoms with van der Waals surface area (Å²) < 4.78 is 1.18. The molecule has 0 aliphatic carbocycles. The second kappa shape index (κ2) is 3.30. The first-order chi connectivity index (χ1) is 6.25. The van der Waals surface area contributed by atoms with Crippen molar-refractivity contribution in [3.8, 4) is 0 Å². The van der Waals surface area contributed by atoms with Gasteiger partial charge in [0.1, 0.15) is 5.52 Å². The van der Waals surface area contributed by atoms with E-state index in [1.54, 1.807) is 23.7 Å². The molecule has 2 heterocycles. The van der Waals surface area contributed by atoms with Crippen molar-refractivity contribution in [3.63, 3.8) is 0 Å². The van der Waals surface area contributed by atoms with Crippen molar-refractivity contribution in [2.24, 2.45) is 0 Å². The minimum atomic E-state index is 0.425. The van der Waals surface area contributed by atoms with Gasteiger partial charge in [-0.05, 0) is 19.9 Å². The average Bonchev–Trinajstić information content (AvgIpc) is 2.44. The lowest BCUT2D eigenvalue weighted by Gasteiger charge is -2.03. The number of nitrogens with zero attached hydrogens (tertiary/aromatic N) is 2. The van der Waals surface area contributed by atoms with E-state index in [1.165, 1.54) is 4.70 Å². The third-order valence-electron chi connectivity index (χ3n) is 1.60. The van der Waals surface area contributed by atoms with Crippen LogP contribution in [0.4, 0.5) is 5.13 Å². The molecule has 0 aliphatic rings. The second-order valence-electron chi connectivity index (χ2n) is 3.16. The van der Waals surface area contributed by atoms with Crippen LogP contribution in [0.15, 0.2) is 18.5 Å². The maximum absolute atomic E-state index is 4.40. The molecular weight excluding hydrogens is 182 g/mol. The van der Waals surface area contributed by atoms with Gasteiger partial charge in [0.2, 0.25) is 0 Å². The number of thiazole rings is 1. The highest BCUT2D eigenvalue weighted by Gasteiger charge is 2.03. The van der Waals surface area contributed by atoms with Gasteiger partial charge in [0.05, 0.1) is 10.9 Å². The highest BCUT2D eigenvalue weighted by atomic mass is 32.1. The normalized spacial score (nSPS) is 11.0. The van der Waals surface area contributed by atoms with Crippen molar-refractivity contribution in [1.82, 2.24) is 9.97 Å². The quantitative estimate of drug-likeness (QED) is 0.796. The fraction of sp³-hybridized carbons (Fsp3) is 0.333. The molecule has 4 heteroatoms. The van der Waals surface area contributed by atoms with Gasteiger partial charge in [0, 0.05) is 12.2 Å². The van der Waals surface area contributed by atoms with E-state index in [0.717, 1.165) is 10.6 Å². The summed E-state index contributed by atoms with van der Waals surface area (Å²) in [5, 5.41) is 4.24. The minimum Gasteiger partial charge on any atom is -0.359 e. The van der Waals surface area contributed by atoms with Crippen molar-refractivity contribution in [2.45, 2.75) is 19.9 Å². The van der Waals surface area contributed by atoms with Crippen LogP contribution in [-0.4, -0.2) is 16.0 Å². The van der Waals surface area contributed by atoms with Gasteiger partial charge >= 0.3 is 0 Å². The maximum Gasteiger partial charge on any atom is 0.184 e. The first-order valence-corrected chi connectivity index (χ1v) is 5.04. The highest BCUT2D eigenvalue weighted by Crippen LogP contribution is 2.24. The Balaban J connectivity index is 2.38. The molecule has 0 atom stereocenters. The summed E-state index contributed by atoms with van der Waals surface area (Å²) in [4.78, 5) is 8.42. The highest BCUT2D eigenvalue weighted by molar-refractivity contribution is 7.22. The zero-order valence-corrected chi connectivity index (χ0v) is 8.43. The van der Waals surface area contributed by atoms with Crippen LogP contribution in [0.1, 0.15) is 13.8 Å². The molecule has 13 heavy (non-hydrogen) atoms. The van der Waals surface area contributed by atoms with Crippen LogP contribution in [-0.2, 0) is 0 Å². The molecule has 68 valence electrons. The number of aromatic nitrogens is 2. The van der Waals surface area contributed by atoms with E-state index < -0.39 is 0 Å². The molecule has 0 aliphatic heterocycles. The van der Waals surface area contributed by atoms with Crippen LogP contribution in [0.3, 0.4) is 0 Å². The molecule has 0 fully saturated rings. The van der Waals surface area contributed by atoms with Crippen molar-refractivity contribution in [1.29, 1.82) is 0 Å². The SMILES string of the molecule is CC(C)Nc1nc2cnccc2s1. The van der Waals surface area contributed by atoms with Gasteiger partial charge in [-0.3, -0.25) is 4.98 Å². The molecule has 0 amide bonds. The number of fused-ring (bicyclic) bond motifs is 1. The third kappa shape index (κ3) is 1.78. The van der Waals surface area contributed by atoms with Crippen molar-refractivity contribution in [3.05, 3.63) is 18.5 Å². The Morgan fingerprint density at radius 1 is 1.46 bits per heavy atom. The van der Waals surface area contributed by atoms with Gasteiger partial charge in [-0.25, -0.2) is 4.98 Å². The lowest BCUT2D eigenvalue weighted by atomic mass is 10.4. The number of pyridine rings is 1. The topological polar surface area (TPSA) is 37.8 Å². The maximum atomic E-state index is 4.40. The fourth-order valence-corrected chi connectivity index (χ4v) is 2.07. The molecular formula is C9H11N3S. The average molecular weight is 193 g/mol. The van der Waals surface area contributed by atoms with E-state index in [1.807, 2.05) is 6.07 Å². The van der Waals surface area contributed by atoms with Gasteiger partial charge in [-0.15, -0.1) is 0 Å². The molecule has 3 nitrogen and oxygen atoms in total. The molecule has 0 aromatic carbocycles. The van der Waals surface area contributed by atoms with E-state index in [2.05, 4.69) is 29.1 Å². The van der Waals surface area contributed by atoms with E-state index in [4.69, 9.17) is 0 Å². The van der Waals surface area contributed by atoms with Gasteiger partial charge in [0.15, 0.2) is 5.13 Å². The van der Waals surface area contributed by atoms with Gasteiger partial charge in [-0.2, -0.15) is 0 Å². The van der Waals surface area contributed by atoms with Crippen LogP contribution in [0.2, 0.25) is 0 Å². The van der Waals surface area contributed by atoms with Crippen molar-refractivity contribution in [2.75, 3.05) is 5.32 Å². The van der Waals surface area contributed by atoms with Crippen LogP contribution < -0.4 is 5.32 Å². The van der Waals surface area contributed by atoms with Crippen LogP contribution >= 0.6 is 11.3 Å². The lowest BCUT2D eigenvalue weighted by molar-refractivity contribution is 0.897. The van der Waals surface area contributed by atoms with E-state index in [-0.39, 0.29) is 0 Å². The van der Waals surface area contributed by atoms with Crippen LogP contribution in [0, 0.1) is 0 Å². The number of hydrogen-bond acceptors (Lipinski definition) is 4. The Labute approximate surface area is 80.8 Å². The summed E-state index contributed by atoms with van der Waals surface area (Å²) in [7, 11) is 0. The lowest BCUT2D eigenvalue weighted by Crippen LogP contribution is -2.08. The molecule has 2 aromatic heterocycles. The minimum absolute atomic E-state index is 0.425. The molecule has 0 spiro atoms. The number of hydrogen-bond donors (Lipinski definition) is 1. The van der Waals surface area contributed by atoms with Crippen LogP contribution in [0.5, 0.6) is 0 Å². The fourth-order valence-electron chi connectivity index (χ4n) is 1.09. The summed E-state index contributed by atoms with van der Waals surface area (Å²) in [5.74, 6) is 0. The zero-order valence-electron chi connectivity index (χ0n) is 7.61. The van der Waals surface area contributed by atoms with Gasteiger partial charge < -0.3 is 5.32 Å². The predicted octanol–water partition coefficient (Wildman–Crippen LogP) is 2.51. The van der Waals surface area contributed by atoms with E-state index >= 15 is 0 Å². The zero-order chi connectivity index (χ0) is 9.26. The van der Waals surface area contributed by atoms with E-state index in [9.17, 15) is 0 Å². The Bertz CT molecular complexity index is 375. The number of nitrogens with one attached hydrogen (secondary N) is 1. The number of anilines is 1. The molecule has 0 bridgehead atoms. The monoisotopic (exact) mass is 193 g/mol. The molecule has 2 aromatic rings. The smallest absolute Gasteiger partial charge is 0.184 e. The Hall–Kier alpha value is -1.16. The van der Waals surface area contributed by atoms with E-state index in [0.29, 0.717) is 6.04 Å². The molecule has 2 rings (SSSR count). The summed E-state index contributed by atoms with van der Waals surface area (Å²) in [5.41, 5.74) is 0.968. The third-order valence-corrected chi connectivity index (χ3v) is 2.57. The van der Waals surface area contributed by atoms with Crippen molar-refractivity contribution >= 4 is 26.7 Å². The second-order valence-corrected chi connectivity index (χ2v) is 4.19. The van der Waals surface area contributed by atoms with Gasteiger partial charge in [0.25, 0.3) is 0 Å². The molecule has 0 unspecified atom stereocenters. The summed E-state index contributed by atoms with van der Waals surface area (Å²) >= 11 is 1.66. The Kier molecular flexibility index (Phi) is 2.14. The Morgan fingerprint density at radius 2 is 2.31 bits per heavy atom. The van der Waals surface area contributed by atoms with Gasteiger partial charge in [-0.1, -0.05) is 11.3 Å². The first-order valence-electron chi connectivity index (χ1n) is 4.23. The number of rotatable bonds is 2. The van der Waals surface area contributed by atoms with Crippen molar-refractivity contribution < 1.29 is 0 Å². The van der Waals surface area contributed by atoms with Crippen LogP contribution in [0.25, 0.3) is 10.2 Å². The summed E-state index contributed by atoms with van der Waals surface area (Å²) in [6.07, 6.45) is 3.58. The summed E-state index contributed by atoms with van der Waals surface area (Å²) in [6.45, 7) is 4.20. The summed E-state index contributed by atoms with van der Waals surface area (Å²) in [6, 6.07) is 2.41. The molecule has 0 saturated heterocycles. The molecule has 0 saturated carbocycles. The molecule has 0 radical (unpaired) electrons. The largest absolute Gasteiger partial charge is 0.359 e.